The third-order valence-electron chi connectivity index (χ3n) is 6.19. The van der Waals surface area contributed by atoms with Crippen LogP contribution in [0.3, 0.4) is 0 Å². The summed E-state index contributed by atoms with van der Waals surface area (Å²) in [5.74, 6) is -0.710. The number of hydrogen-bond acceptors (Lipinski definition) is 6. The minimum Gasteiger partial charge on any atom is -0.395 e. The number of nitrogens with zero attached hydrogens (tertiary/aromatic N) is 3. The molecule has 0 radical (unpaired) electrons. The smallest absolute Gasteiger partial charge is 0.248 e. The van der Waals surface area contributed by atoms with E-state index in [-0.39, 0.29) is 12.4 Å². The molecular weight excluding hydrogens is 454 g/mol. The Balaban J connectivity index is 1.43. The molecule has 0 bridgehead atoms. The first-order valence-corrected chi connectivity index (χ1v) is 11.6. The molecule has 180 valence electrons. The number of nitrogens with two attached hydrogens (primary N) is 1. The molecule has 0 aliphatic carbocycles. The molecule has 1 amide bonds. The highest BCUT2D eigenvalue weighted by Crippen LogP contribution is 2.31. The van der Waals surface area contributed by atoms with Crippen LogP contribution in [0.2, 0.25) is 0 Å². The first-order chi connectivity index (χ1) is 17.6. The molecule has 0 saturated heterocycles. The third kappa shape index (κ3) is 4.47. The molecule has 5 rings (SSSR count). The van der Waals surface area contributed by atoms with Crippen LogP contribution in [0.25, 0.3) is 16.8 Å². The number of aliphatic hydroxyl groups is 1. The van der Waals surface area contributed by atoms with E-state index in [4.69, 9.17) is 10.8 Å². The molecule has 36 heavy (non-hydrogen) atoms. The lowest BCUT2D eigenvalue weighted by Crippen LogP contribution is -2.21. The predicted octanol–water partition coefficient (Wildman–Crippen LogP) is 3.08. The van der Waals surface area contributed by atoms with Crippen LogP contribution in [0.4, 0.5) is 0 Å². The van der Waals surface area contributed by atoms with Gasteiger partial charge >= 0.3 is 0 Å². The Morgan fingerprint density at radius 1 is 1.06 bits per heavy atom. The molecule has 1 aliphatic heterocycles. The lowest BCUT2D eigenvalue weighted by molar-refractivity contribution is 0.0952. The minimum absolute atomic E-state index is 0.0873. The lowest BCUT2D eigenvalue weighted by Gasteiger charge is -2.18. The summed E-state index contributed by atoms with van der Waals surface area (Å²) in [6.07, 6.45) is 3.17. The number of rotatable bonds is 8. The molecule has 1 unspecified atom stereocenters. The van der Waals surface area contributed by atoms with Crippen molar-refractivity contribution >= 4 is 17.9 Å². The van der Waals surface area contributed by atoms with E-state index in [1.807, 2.05) is 36.4 Å². The second-order valence-electron chi connectivity index (χ2n) is 8.49. The quantitative estimate of drug-likeness (QED) is 0.335. The van der Waals surface area contributed by atoms with Crippen molar-refractivity contribution in [2.45, 2.75) is 12.6 Å². The van der Waals surface area contributed by atoms with Gasteiger partial charge in [0.15, 0.2) is 0 Å². The van der Waals surface area contributed by atoms with Crippen LogP contribution in [0.1, 0.15) is 43.7 Å². The molecule has 2 heterocycles. The van der Waals surface area contributed by atoms with E-state index in [1.54, 1.807) is 41.4 Å². The molecule has 1 atom stereocenters. The molecule has 3 aromatic carbocycles. The Kier molecular flexibility index (Phi) is 6.53. The van der Waals surface area contributed by atoms with E-state index < -0.39 is 11.9 Å². The van der Waals surface area contributed by atoms with Gasteiger partial charge < -0.3 is 16.2 Å². The number of aliphatic imine (C=N–C) groups is 1. The maximum Gasteiger partial charge on any atom is 0.248 e. The monoisotopic (exact) mass is 479 g/mol. The van der Waals surface area contributed by atoms with Crippen LogP contribution < -0.4 is 11.1 Å². The molecule has 8 heteroatoms. The average molecular weight is 480 g/mol. The Morgan fingerprint density at radius 2 is 1.86 bits per heavy atom. The molecule has 1 aromatic heterocycles. The molecule has 4 aromatic rings. The van der Waals surface area contributed by atoms with Crippen LogP contribution >= 0.6 is 0 Å². The summed E-state index contributed by atoms with van der Waals surface area (Å²) in [6, 6.07) is 22.0. The highest BCUT2D eigenvalue weighted by molar-refractivity contribution is 6.08. The number of Topliss-reactive ketones (excluding diaryl/α,β-unsaturated/α-hetero) is 1. The number of hydrogen-bond donors (Lipinski definition) is 3. The predicted molar refractivity (Wildman–Crippen MR) is 137 cm³/mol. The Morgan fingerprint density at radius 3 is 2.64 bits per heavy atom. The van der Waals surface area contributed by atoms with Crippen LogP contribution in [0.5, 0.6) is 0 Å². The van der Waals surface area contributed by atoms with Gasteiger partial charge in [-0.1, -0.05) is 54.6 Å². The van der Waals surface area contributed by atoms with Crippen molar-refractivity contribution < 1.29 is 14.7 Å². The van der Waals surface area contributed by atoms with Gasteiger partial charge in [-0.05, 0) is 40.5 Å². The first kappa shape index (κ1) is 23.3. The van der Waals surface area contributed by atoms with E-state index in [9.17, 15) is 9.59 Å². The SMILES string of the molecule is NC(=O)c1cccc(-n2cnc3c2C(=O)C(c2ccc(-c4ccccc4CNCCO)cc2)N=C3)c1. The highest BCUT2D eigenvalue weighted by atomic mass is 16.3. The van der Waals surface area contributed by atoms with E-state index in [0.717, 1.165) is 22.3 Å². The van der Waals surface area contributed by atoms with Crippen molar-refractivity contribution in [1.29, 1.82) is 0 Å². The number of fused-ring (bicyclic) bond motifs is 1. The molecular formula is C28H25N5O3. The van der Waals surface area contributed by atoms with Crippen molar-refractivity contribution in [3.05, 3.63) is 107 Å². The molecule has 1 aliphatic rings. The van der Waals surface area contributed by atoms with Crippen LogP contribution in [-0.2, 0) is 6.54 Å². The Hall–Kier alpha value is -4.40. The van der Waals surface area contributed by atoms with Gasteiger partial charge in [0.25, 0.3) is 0 Å². The van der Waals surface area contributed by atoms with Gasteiger partial charge in [-0.2, -0.15) is 0 Å². The normalized spacial score (nSPS) is 14.6. The number of primary amides is 1. The summed E-state index contributed by atoms with van der Waals surface area (Å²) in [5, 5.41) is 12.3. The van der Waals surface area contributed by atoms with E-state index in [0.29, 0.717) is 35.7 Å². The van der Waals surface area contributed by atoms with Crippen molar-refractivity contribution in [3.63, 3.8) is 0 Å². The number of ketones is 1. The third-order valence-corrected chi connectivity index (χ3v) is 6.19. The van der Waals surface area contributed by atoms with Crippen molar-refractivity contribution in [2.24, 2.45) is 10.7 Å². The van der Waals surface area contributed by atoms with Crippen molar-refractivity contribution in [1.82, 2.24) is 14.9 Å². The molecule has 0 spiro atoms. The van der Waals surface area contributed by atoms with Gasteiger partial charge in [-0.25, -0.2) is 4.98 Å². The topological polar surface area (TPSA) is 123 Å². The largest absolute Gasteiger partial charge is 0.395 e. The number of aromatic nitrogens is 2. The zero-order valence-corrected chi connectivity index (χ0v) is 19.5. The summed E-state index contributed by atoms with van der Waals surface area (Å²) in [4.78, 5) is 34.0. The maximum absolute atomic E-state index is 13.6. The average Bonchev–Trinajstić information content (AvgIpc) is 3.35. The number of aliphatic hydroxyl groups excluding tert-OH is 1. The first-order valence-electron chi connectivity index (χ1n) is 11.6. The zero-order valence-electron chi connectivity index (χ0n) is 19.5. The van der Waals surface area contributed by atoms with E-state index >= 15 is 0 Å². The number of benzene rings is 3. The number of carbonyl (C=O) groups excluding carboxylic acids is 2. The fraction of sp³-hybridized carbons (Fsp3) is 0.143. The summed E-state index contributed by atoms with van der Waals surface area (Å²) in [5.41, 5.74) is 11.3. The Bertz CT molecular complexity index is 1460. The number of nitrogens with one attached hydrogen (secondary N) is 1. The molecule has 0 fully saturated rings. The fourth-order valence-electron chi connectivity index (χ4n) is 4.39. The summed E-state index contributed by atoms with van der Waals surface area (Å²) in [7, 11) is 0. The van der Waals surface area contributed by atoms with Crippen LogP contribution in [-0.4, -0.2) is 45.7 Å². The van der Waals surface area contributed by atoms with Gasteiger partial charge in [0, 0.05) is 24.3 Å². The van der Waals surface area contributed by atoms with Gasteiger partial charge in [0.05, 0.1) is 12.8 Å². The van der Waals surface area contributed by atoms with Gasteiger partial charge in [0.1, 0.15) is 23.8 Å². The summed E-state index contributed by atoms with van der Waals surface area (Å²) < 4.78 is 1.67. The maximum atomic E-state index is 13.6. The number of imidazole rings is 1. The van der Waals surface area contributed by atoms with Crippen molar-refractivity contribution in [3.8, 4) is 16.8 Å². The van der Waals surface area contributed by atoms with E-state index in [2.05, 4.69) is 27.4 Å². The van der Waals surface area contributed by atoms with Gasteiger partial charge in [-0.15, -0.1) is 0 Å². The fourth-order valence-corrected chi connectivity index (χ4v) is 4.39. The minimum atomic E-state index is -0.692. The van der Waals surface area contributed by atoms with Crippen molar-refractivity contribution in [2.75, 3.05) is 13.2 Å². The number of amides is 1. The molecule has 0 saturated carbocycles. The summed E-state index contributed by atoms with van der Waals surface area (Å²) in [6.45, 7) is 1.26. The zero-order chi connectivity index (χ0) is 25.1. The second kappa shape index (κ2) is 10.1. The highest BCUT2D eigenvalue weighted by Gasteiger charge is 2.31. The lowest BCUT2D eigenvalue weighted by atomic mass is 9.94. The van der Waals surface area contributed by atoms with Crippen LogP contribution in [0.15, 0.2) is 84.1 Å². The molecule has 8 nitrogen and oxygen atoms in total. The van der Waals surface area contributed by atoms with Gasteiger partial charge in [0.2, 0.25) is 11.7 Å². The second-order valence-corrected chi connectivity index (χ2v) is 8.49. The number of carbonyl (C=O) groups is 2. The van der Waals surface area contributed by atoms with Gasteiger partial charge in [-0.3, -0.25) is 19.1 Å². The molecule has 4 N–H and O–H groups in total. The van der Waals surface area contributed by atoms with Crippen LogP contribution in [0, 0.1) is 0 Å². The Labute approximate surface area is 208 Å². The summed E-state index contributed by atoms with van der Waals surface area (Å²) >= 11 is 0. The van der Waals surface area contributed by atoms with E-state index in [1.165, 1.54) is 0 Å². The standard InChI is InChI=1S/C28H25N5O3/c29-28(36)20-5-3-6-22(14-20)33-17-32-24-16-31-25(27(35)26(24)33)19-10-8-18(9-11-19)23-7-2-1-4-21(23)15-30-12-13-34/h1-11,14,16-17,25,30,34H,12-13,15H2,(H2,29,36).